The van der Waals surface area contributed by atoms with Gasteiger partial charge in [-0.05, 0) is 47.3 Å². The number of hydrogen-bond donors (Lipinski definition) is 1. The molecule has 3 rings (SSSR count). The van der Waals surface area contributed by atoms with Crippen molar-refractivity contribution in [3.63, 3.8) is 0 Å². The van der Waals surface area contributed by atoms with Crippen molar-refractivity contribution in [3.05, 3.63) is 33.8 Å². The minimum absolute atomic E-state index is 0.00321. The van der Waals surface area contributed by atoms with E-state index >= 15 is 0 Å². The SMILES string of the molecule is OC(Cc1c(F)ccc(Br)c1F)C1CC2CCC1O2. The van der Waals surface area contributed by atoms with Crippen LogP contribution in [0.3, 0.4) is 0 Å². The van der Waals surface area contributed by atoms with Crippen molar-refractivity contribution in [1.29, 1.82) is 0 Å². The van der Waals surface area contributed by atoms with Gasteiger partial charge in [0.25, 0.3) is 0 Å². The molecular weight excluding hydrogens is 318 g/mol. The molecule has 1 aromatic carbocycles. The fraction of sp³-hybridized carbons (Fsp3) is 0.571. The van der Waals surface area contributed by atoms with E-state index in [2.05, 4.69) is 15.9 Å². The van der Waals surface area contributed by atoms with Crippen LogP contribution in [0.4, 0.5) is 8.78 Å². The molecule has 0 radical (unpaired) electrons. The van der Waals surface area contributed by atoms with Gasteiger partial charge in [0, 0.05) is 17.9 Å². The number of hydrogen-bond acceptors (Lipinski definition) is 2. The first-order valence-electron chi connectivity index (χ1n) is 6.52. The Balaban J connectivity index is 1.76. The molecule has 19 heavy (non-hydrogen) atoms. The molecule has 1 aromatic rings. The van der Waals surface area contributed by atoms with E-state index in [-0.39, 0.29) is 34.6 Å². The van der Waals surface area contributed by atoms with E-state index < -0.39 is 17.7 Å². The molecule has 0 aliphatic carbocycles. The molecule has 2 aliphatic heterocycles. The second-order valence-electron chi connectivity index (χ2n) is 5.37. The third-order valence-electron chi connectivity index (χ3n) is 4.20. The van der Waals surface area contributed by atoms with Crippen molar-refractivity contribution in [2.75, 3.05) is 0 Å². The summed E-state index contributed by atoms with van der Waals surface area (Å²) in [6.45, 7) is 0. The average Bonchev–Trinajstić information content (AvgIpc) is 3.01. The summed E-state index contributed by atoms with van der Waals surface area (Å²) in [4.78, 5) is 0. The molecule has 2 saturated heterocycles. The maximum absolute atomic E-state index is 13.9. The zero-order valence-electron chi connectivity index (χ0n) is 10.3. The Morgan fingerprint density at radius 1 is 1.37 bits per heavy atom. The highest BCUT2D eigenvalue weighted by Gasteiger charge is 2.44. The normalized spacial score (nSPS) is 30.8. The minimum atomic E-state index is -0.756. The topological polar surface area (TPSA) is 29.5 Å². The van der Waals surface area contributed by atoms with Crippen LogP contribution in [0, 0.1) is 17.6 Å². The molecule has 2 nitrogen and oxygen atoms in total. The first kappa shape index (κ1) is 13.5. The summed E-state index contributed by atoms with van der Waals surface area (Å²) < 4.78 is 33.4. The Bertz CT molecular complexity index is 495. The van der Waals surface area contributed by atoms with Crippen LogP contribution >= 0.6 is 15.9 Å². The second kappa shape index (κ2) is 5.11. The zero-order chi connectivity index (χ0) is 13.6. The third-order valence-corrected chi connectivity index (χ3v) is 4.81. The minimum Gasteiger partial charge on any atom is -0.392 e. The zero-order valence-corrected chi connectivity index (χ0v) is 11.9. The number of fused-ring (bicyclic) bond motifs is 2. The van der Waals surface area contributed by atoms with Crippen molar-refractivity contribution in [1.82, 2.24) is 0 Å². The monoisotopic (exact) mass is 332 g/mol. The summed E-state index contributed by atoms with van der Waals surface area (Å²) in [5.41, 5.74) is -0.0513. The van der Waals surface area contributed by atoms with E-state index in [1.165, 1.54) is 12.1 Å². The van der Waals surface area contributed by atoms with Gasteiger partial charge in [-0.15, -0.1) is 0 Å². The average molecular weight is 333 g/mol. The first-order valence-corrected chi connectivity index (χ1v) is 7.31. The highest BCUT2D eigenvalue weighted by atomic mass is 79.9. The Hall–Kier alpha value is -0.520. The van der Waals surface area contributed by atoms with E-state index in [0.29, 0.717) is 0 Å². The van der Waals surface area contributed by atoms with Gasteiger partial charge in [0.2, 0.25) is 0 Å². The molecule has 0 amide bonds. The van der Waals surface area contributed by atoms with Gasteiger partial charge in [-0.3, -0.25) is 0 Å². The molecule has 5 heteroatoms. The predicted molar refractivity (Wildman–Crippen MR) is 69.8 cm³/mol. The van der Waals surface area contributed by atoms with Gasteiger partial charge >= 0.3 is 0 Å². The standard InChI is InChI=1S/C14H15BrF2O2/c15-10-2-3-11(16)8(14(10)17)6-12(18)9-5-7-1-4-13(9)19-7/h2-3,7,9,12-13,18H,1,4-6H2. The van der Waals surface area contributed by atoms with Crippen LogP contribution < -0.4 is 0 Å². The van der Waals surface area contributed by atoms with Crippen molar-refractivity contribution >= 4 is 15.9 Å². The van der Waals surface area contributed by atoms with Crippen LogP contribution in [0.1, 0.15) is 24.8 Å². The smallest absolute Gasteiger partial charge is 0.143 e. The summed E-state index contributed by atoms with van der Waals surface area (Å²) in [6, 6.07) is 2.55. The highest BCUT2D eigenvalue weighted by Crippen LogP contribution is 2.41. The largest absolute Gasteiger partial charge is 0.392 e. The van der Waals surface area contributed by atoms with E-state index in [0.717, 1.165) is 19.3 Å². The van der Waals surface area contributed by atoms with Crippen LogP contribution in [-0.2, 0) is 11.2 Å². The fourth-order valence-electron chi connectivity index (χ4n) is 3.20. The molecular formula is C14H15BrF2O2. The number of halogens is 3. The predicted octanol–water partition coefficient (Wildman–Crippen LogP) is 3.20. The van der Waals surface area contributed by atoms with Crippen molar-refractivity contribution in [3.8, 4) is 0 Å². The third kappa shape index (κ3) is 2.43. The molecule has 4 unspecified atom stereocenters. The Labute approximate surface area is 118 Å². The molecule has 2 fully saturated rings. The van der Waals surface area contributed by atoms with Crippen LogP contribution in [0.15, 0.2) is 16.6 Å². The lowest BCUT2D eigenvalue weighted by molar-refractivity contribution is 0.0424. The Morgan fingerprint density at radius 3 is 2.79 bits per heavy atom. The van der Waals surface area contributed by atoms with E-state index in [4.69, 9.17) is 4.74 Å². The highest BCUT2D eigenvalue weighted by molar-refractivity contribution is 9.10. The lowest BCUT2D eigenvalue weighted by Gasteiger charge is -2.24. The van der Waals surface area contributed by atoms with Gasteiger partial charge in [-0.1, -0.05) is 0 Å². The van der Waals surface area contributed by atoms with Crippen LogP contribution in [0.25, 0.3) is 0 Å². The van der Waals surface area contributed by atoms with Crippen molar-refractivity contribution < 1.29 is 18.6 Å². The maximum Gasteiger partial charge on any atom is 0.143 e. The van der Waals surface area contributed by atoms with Gasteiger partial charge < -0.3 is 9.84 Å². The molecule has 0 saturated carbocycles. The maximum atomic E-state index is 13.9. The van der Waals surface area contributed by atoms with Crippen LogP contribution in [-0.4, -0.2) is 23.4 Å². The molecule has 0 spiro atoms. The van der Waals surface area contributed by atoms with Gasteiger partial charge in [-0.25, -0.2) is 8.78 Å². The summed E-state index contributed by atoms with van der Waals surface area (Å²) >= 11 is 3.04. The molecule has 4 atom stereocenters. The molecule has 104 valence electrons. The fourth-order valence-corrected chi connectivity index (χ4v) is 3.57. The molecule has 2 aliphatic rings. The molecule has 2 bridgehead atoms. The lowest BCUT2D eigenvalue weighted by Crippen LogP contribution is -2.31. The second-order valence-corrected chi connectivity index (χ2v) is 6.22. The Kier molecular flexibility index (Phi) is 3.62. The van der Waals surface area contributed by atoms with Gasteiger partial charge in [0.15, 0.2) is 0 Å². The molecule has 2 heterocycles. The number of ether oxygens (including phenoxy) is 1. The van der Waals surface area contributed by atoms with Gasteiger partial charge in [0.05, 0.1) is 22.8 Å². The molecule has 0 aromatic heterocycles. The van der Waals surface area contributed by atoms with E-state index in [1.54, 1.807) is 0 Å². The number of benzene rings is 1. The lowest BCUT2D eigenvalue weighted by atomic mass is 9.83. The number of aliphatic hydroxyl groups is 1. The van der Waals surface area contributed by atoms with Gasteiger partial charge in [-0.2, -0.15) is 0 Å². The van der Waals surface area contributed by atoms with Crippen LogP contribution in [0.5, 0.6) is 0 Å². The molecule has 1 N–H and O–H groups in total. The number of rotatable bonds is 3. The van der Waals surface area contributed by atoms with Gasteiger partial charge in [0.1, 0.15) is 11.6 Å². The first-order chi connectivity index (χ1) is 9.06. The summed E-state index contributed by atoms with van der Waals surface area (Å²) in [5, 5.41) is 10.2. The van der Waals surface area contributed by atoms with E-state index in [9.17, 15) is 13.9 Å². The van der Waals surface area contributed by atoms with Crippen LogP contribution in [0.2, 0.25) is 0 Å². The van der Waals surface area contributed by atoms with E-state index in [1.807, 2.05) is 0 Å². The quantitative estimate of drug-likeness (QED) is 0.861. The number of aliphatic hydroxyl groups excluding tert-OH is 1. The Morgan fingerprint density at radius 2 is 2.16 bits per heavy atom. The summed E-state index contributed by atoms with van der Waals surface area (Å²) in [5.74, 6) is -1.23. The summed E-state index contributed by atoms with van der Waals surface area (Å²) in [7, 11) is 0. The summed E-state index contributed by atoms with van der Waals surface area (Å²) in [6.07, 6.45) is 2.29. The van der Waals surface area contributed by atoms with Crippen molar-refractivity contribution in [2.24, 2.45) is 5.92 Å². The van der Waals surface area contributed by atoms with Crippen molar-refractivity contribution in [2.45, 2.75) is 44.0 Å².